The second kappa shape index (κ2) is 8.43. The zero-order valence-corrected chi connectivity index (χ0v) is 32.2. The van der Waals surface area contributed by atoms with Gasteiger partial charge in [0.2, 0.25) is 0 Å². The molecule has 0 aliphatic carbocycles. The summed E-state index contributed by atoms with van der Waals surface area (Å²) < 4.78 is 2.71. The molecule has 40 heavy (non-hydrogen) atoms. The van der Waals surface area contributed by atoms with Crippen LogP contribution in [0, 0.1) is 21.7 Å². The summed E-state index contributed by atoms with van der Waals surface area (Å²) in [7, 11) is -0.118. The first-order valence-electron chi connectivity index (χ1n) is 15.2. The predicted octanol–water partition coefficient (Wildman–Crippen LogP) is 14.0. The Hall–Kier alpha value is 1.02. The molecule has 6 atom stereocenters. The summed E-state index contributed by atoms with van der Waals surface area (Å²) in [5.41, 5.74) is 4.98. The van der Waals surface area contributed by atoms with E-state index in [1.54, 1.807) is 11.1 Å². The summed E-state index contributed by atoms with van der Waals surface area (Å²) in [6.07, 6.45) is 2.81. The van der Waals surface area contributed by atoms with E-state index in [2.05, 4.69) is 144 Å². The SMILES string of the molecule is CC(C)(C)C12P(Cc3ccccc3)P3C4(C(C)(C)C)P(Cc5ccccc5)P1C1(C(C)(C)C)P2C3(C(C)(C)C)P41. The number of hydrogen-bond acceptors (Lipinski definition) is 0. The first kappa shape index (κ1) is 29.7. The molecule has 5 aliphatic rings. The van der Waals surface area contributed by atoms with Crippen molar-refractivity contribution in [2.24, 2.45) is 21.7 Å². The first-order valence-corrected chi connectivity index (χ1v) is 25.1. The van der Waals surface area contributed by atoms with Crippen LogP contribution < -0.4 is 0 Å². The van der Waals surface area contributed by atoms with Gasteiger partial charge in [0.05, 0.1) is 0 Å². The molecule has 0 saturated carbocycles. The van der Waals surface area contributed by atoms with Crippen LogP contribution in [-0.2, 0) is 12.3 Å². The normalized spacial score (nSPS) is 44.6. The summed E-state index contributed by atoms with van der Waals surface area (Å²) in [5, 5.41) is 0. The molecule has 2 aromatic carbocycles. The van der Waals surface area contributed by atoms with Gasteiger partial charge in [-0.1, -0.05) is 175 Å². The van der Waals surface area contributed by atoms with Crippen LogP contribution in [0.25, 0.3) is 0 Å². The van der Waals surface area contributed by atoms with Crippen molar-refractivity contribution in [3.63, 3.8) is 0 Å². The average Bonchev–Trinajstić information content (AvgIpc) is 3.00. The Morgan fingerprint density at radius 3 is 0.950 bits per heavy atom. The van der Waals surface area contributed by atoms with Crippen LogP contribution >= 0.6 is 46.3 Å². The first-order chi connectivity index (χ1) is 18.4. The van der Waals surface area contributed by atoms with Gasteiger partial charge >= 0.3 is 0 Å². The minimum Gasteiger partial charge on any atom is -0.0622 e. The summed E-state index contributed by atoms with van der Waals surface area (Å²) >= 11 is 0. The number of benzene rings is 2. The van der Waals surface area contributed by atoms with E-state index in [0.29, 0.717) is 40.2 Å². The van der Waals surface area contributed by atoms with Gasteiger partial charge in [-0.05, 0) is 60.3 Å². The highest BCUT2D eigenvalue weighted by Gasteiger charge is 3.12. The van der Waals surface area contributed by atoms with Crippen molar-refractivity contribution in [2.45, 2.75) is 114 Å². The van der Waals surface area contributed by atoms with Gasteiger partial charge in [0.1, 0.15) is 0 Å². The molecule has 6 heteroatoms. The van der Waals surface area contributed by atoms with Crippen molar-refractivity contribution in [1.82, 2.24) is 0 Å². The highest BCUT2D eigenvalue weighted by Crippen LogP contribution is 3.49. The summed E-state index contributed by atoms with van der Waals surface area (Å²) in [5.74, 6) is 0. The molecular formula is C34H50P6. The van der Waals surface area contributed by atoms with Gasteiger partial charge < -0.3 is 0 Å². The molecule has 216 valence electrons. The molecular weight excluding hydrogens is 594 g/mol. The van der Waals surface area contributed by atoms with E-state index in [-0.39, 0.29) is 46.3 Å². The third-order valence-electron chi connectivity index (χ3n) is 10.6. The van der Waals surface area contributed by atoms with Crippen molar-refractivity contribution in [3.05, 3.63) is 71.8 Å². The van der Waals surface area contributed by atoms with Gasteiger partial charge in [0.15, 0.2) is 0 Å². The number of rotatable bonds is 4. The maximum absolute atomic E-state index is 2.73. The molecule has 0 nitrogen and oxygen atoms in total. The molecule has 5 fully saturated rings. The molecule has 5 aliphatic heterocycles. The zero-order chi connectivity index (χ0) is 29.1. The largest absolute Gasteiger partial charge is 0.0622 e. The lowest BCUT2D eigenvalue weighted by Crippen LogP contribution is -2.72. The lowest BCUT2D eigenvalue weighted by molar-refractivity contribution is 0.322. The lowest BCUT2D eigenvalue weighted by atomic mass is 9.97. The minimum atomic E-state index is -0.0411. The fourth-order valence-electron chi connectivity index (χ4n) is 9.71. The van der Waals surface area contributed by atoms with Gasteiger partial charge in [-0.2, -0.15) is 0 Å². The summed E-state index contributed by atoms with van der Waals surface area (Å²) in [6, 6.07) is 23.7. The third-order valence-corrected chi connectivity index (χ3v) is 58.2. The van der Waals surface area contributed by atoms with Crippen LogP contribution in [0.2, 0.25) is 0 Å². The van der Waals surface area contributed by atoms with E-state index in [1.165, 1.54) is 12.3 Å². The quantitative estimate of drug-likeness (QED) is 0.291. The van der Waals surface area contributed by atoms with Gasteiger partial charge in [0.25, 0.3) is 0 Å². The highest BCUT2D eigenvalue weighted by atomic mass is 32.1. The maximum Gasteiger partial charge on any atom is 0.0468 e. The number of fused-ring (bicyclic) bond motifs is 2. The highest BCUT2D eigenvalue weighted by molar-refractivity contribution is 8.71. The molecule has 0 bridgehead atoms. The third kappa shape index (κ3) is 2.84. The van der Waals surface area contributed by atoms with Crippen LogP contribution in [0.5, 0.6) is 0 Å². The van der Waals surface area contributed by atoms with Gasteiger partial charge in [-0.3, -0.25) is 0 Å². The van der Waals surface area contributed by atoms with Crippen LogP contribution in [0.3, 0.4) is 0 Å². The minimum absolute atomic E-state index is 0.00178. The van der Waals surface area contributed by atoms with Crippen molar-refractivity contribution in [2.75, 3.05) is 0 Å². The average molecular weight is 645 g/mol. The zero-order valence-electron chi connectivity index (χ0n) is 26.9. The monoisotopic (exact) mass is 644 g/mol. The maximum atomic E-state index is 2.73. The topological polar surface area (TPSA) is 0 Å². The molecule has 6 unspecified atom stereocenters. The van der Waals surface area contributed by atoms with Crippen LogP contribution in [0.4, 0.5) is 0 Å². The molecule has 0 aromatic heterocycles. The number of hydrogen-bond donors (Lipinski definition) is 0. The Morgan fingerprint density at radius 1 is 0.425 bits per heavy atom. The molecule has 0 amide bonds. The van der Waals surface area contributed by atoms with Gasteiger partial charge in [0, 0.05) is 18.6 Å². The molecule has 5 heterocycles. The molecule has 0 spiro atoms. The summed E-state index contributed by atoms with van der Waals surface area (Å²) in [4.78, 5) is 0. The fourth-order valence-corrected chi connectivity index (χ4v) is 89.3. The van der Waals surface area contributed by atoms with Crippen LogP contribution in [-0.4, -0.2) is 18.6 Å². The Labute approximate surface area is 252 Å². The Morgan fingerprint density at radius 2 is 0.700 bits per heavy atom. The van der Waals surface area contributed by atoms with E-state index in [0.717, 1.165) is 0 Å². The fraction of sp³-hybridized carbons (Fsp3) is 0.647. The molecule has 7 rings (SSSR count). The van der Waals surface area contributed by atoms with Crippen molar-refractivity contribution in [3.8, 4) is 0 Å². The Bertz CT molecular complexity index is 1230. The predicted molar refractivity (Wildman–Crippen MR) is 191 cm³/mol. The molecule has 0 N–H and O–H groups in total. The molecule has 2 aromatic rings. The van der Waals surface area contributed by atoms with E-state index < -0.39 is 0 Å². The molecule has 0 radical (unpaired) electrons. The Balaban J connectivity index is 1.56. The van der Waals surface area contributed by atoms with E-state index >= 15 is 0 Å². The second-order valence-electron chi connectivity index (χ2n) is 16.9. The standard InChI is InChI=1S/C34H50P6/c1-27(2,3)31-35(23-25-19-15-13-16-20-25)40-32(28(4,5)6)36(24-26-21-17-14-18-22-26)39(31)33(29(7,8)9)37(31)34(40,38(32)33)30(10,11)12/h13-22H,23-24H2,1-12H3. The van der Waals surface area contributed by atoms with Gasteiger partial charge in [-0.25, -0.2) is 0 Å². The van der Waals surface area contributed by atoms with E-state index in [9.17, 15) is 0 Å². The molecule has 5 saturated heterocycles. The van der Waals surface area contributed by atoms with Crippen LogP contribution in [0.1, 0.15) is 94.2 Å². The Kier molecular flexibility index (Phi) is 6.26. The smallest absolute Gasteiger partial charge is 0.0468 e. The van der Waals surface area contributed by atoms with E-state index in [1.807, 2.05) is 0 Å². The van der Waals surface area contributed by atoms with E-state index in [4.69, 9.17) is 0 Å². The lowest BCUT2D eigenvalue weighted by Gasteiger charge is -2.90. The van der Waals surface area contributed by atoms with Gasteiger partial charge in [-0.15, -0.1) is 0 Å². The van der Waals surface area contributed by atoms with Crippen LogP contribution in [0.15, 0.2) is 60.7 Å². The van der Waals surface area contributed by atoms with Crippen molar-refractivity contribution < 1.29 is 0 Å². The van der Waals surface area contributed by atoms with Crippen molar-refractivity contribution in [1.29, 1.82) is 0 Å². The second-order valence-corrected chi connectivity index (χ2v) is 39.3. The van der Waals surface area contributed by atoms with Crippen molar-refractivity contribution >= 4 is 46.3 Å². The summed E-state index contributed by atoms with van der Waals surface area (Å²) in [6.45, 7) is 32.7.